The summed E-state index contributed by atoms with van der Waals surface area (Å²) in [4.78, 5) is 24.6. The number of nitriles is 1. The SMILES string of the molecule is N#Cc1cnccc1-c1cnc(N)c(C(=O)Nc2ccccc2)n1. The Labute approximate surface area is 137 Å². The van der Waals surface area contributed by atoms with Crippen LogP contribution in [0.5, 0.6) is 0 Å². The minimum Gasteiger partial charge on any atom is -0.382 e. The van der Waals surface area contributed by atoms with Crippen LogP contribution in [0.25, 0.3) is 11.3 Å². The van der Waals surface area contributed by atoms with E-state index < -0.39 is 5.91 Å². The molecule has 116 valence electrons. The van der Waals surface area contributed by atoms with E-state index in [9.17, 15) is 4.79 Å². The van der Waals surface area contributed by atoms with Crippen molar-refractivity contribution in [3.8, 4) is 17.3 Å². The largest absolute Gasteiger partial charge is 0.382 e. The number of hydrogen-bond acceptors (Lipinski definition) is 6. The maximum atomic E-state index is 12.4. The van der Waals surface area contributed by atoms with Crippen LogP contribution in [0.4, 0.5) is 11.5 Å². The highest BCUT2D eigenvalue weighted by molar-refractivity contribution is 6.06. The lowest BCUT2D eigenvalue weighted by molar-refractivity contribution is 0.102. The molecule has 0 aliphatic heterocycles. The zero-order valence-electron chi connectivity index (χ0n) is 12.5. The van der Waals surface area contributed by atoms with Crippen LogP contribution in [0, 0.1) is 11.3 Å². The molecule has 3 rings (SSSR count). The van der Waals surface area contributed by atoms with Gasteiger partial charge in [-0.25, -0.2) is 9.97 Å². The molecule has 0 fully saturated rings. The Morgan fingerprint density at radius 1 is 1.17 bits per heavy atom. The molecule has 0 aliphatic rings. The van der Waals surface area contributed by atoms with E-state index in [1.165, 1.54) is 18.6 Å². The first kappa shape index (κ1) is 15.1. The predicted octanol–water partition coefficient (Wildman–Crippen LogP) is 2.24. The summed E-state index contributed by atoms with van der Waals surface area (Å²) in [5.41, 5.74) is 7.65. The maximum Gasteiger partial charge on any atom is 0.278 e. The number of carbonyl (C=O) groups is 1. The van der Waals surface area contributed by atoms with Crippen molar-refractivity contribution in [1.82, 2.24) is 15.0 Å². The first-order valence-electron chi connectivity index (χ1n) is 7.02. The molecule has 0 saturated heterocycles. The lowest BCUT2D eigenvalue weighted by atomic mass is 10.1. The number of nitrogen functional groups attached to an aromatic ring is 1. The van der Waals surface area contributed by atoms with E-state index >= 15 is 0 Å². The Morgan fingerprint density at radius 3 is 2.71 bits per heavy atom. The van der Waals surface area contributed by atoms with Crippen molar-refractivity contribution < 1.29 is 4.79 Å². The smallest absolute Gasteiger partial charge is 0.278 e. The van der Waals surface area contributed by atoms with Crippen LogP contribution in [0.2, 0.25) is 0 Å². The first-order valence-corrected chi connectivity index (χ1v) is 7.02. The molecule has 0 radical (unpaired) electrons. The molecule has 0 atom stereocenters. The minimum absolute atomic E-state index is 0.00273. The van der Waals surface area contributed by atoms with Gasteiger partial charge < -0.3 is 11.1 Å². The molecule has 3 N–H and O–H groups in total. The molecule has 2 aromatic heterocycles. The van der Waals surface area contributed by atoms with Crippen LogP contribution in [0.15, 0.2) is 55.0 Å². The summed E-state index contributed by atoms with van der Waals surface area (Å²) in [6.07, 6.45) is 4.39. The average Bonchev–Trinajstić information content (AvgIpc) is 2.63. The summed E-state index contributed by atoms with van der Waals surface area (Å²) in [5.74, 6) is -0.458. The highest BCUT2D eigenvalue weighted by Gasteiger charge is 2.16. The van der Waals surface area contributed by atoms with Gasteiger partial charge in [-0.1, -0.05) is 18.2 Å². The maximum absolute atomic E-state index is 12.4. The van der Waals surface area contributed by atoms with Gasteiger partial charge in [0.2, 0.25) is 0 Å². The van der Waals surface area contributed by atoms with Crippen molar-refractivity contribution in [3.63, 3.8) is 0 Å². The number of nitrogens with one attached hydrogen (secondary N) is 1. The Hall–Kier alpha value is -3.79. The molecule has 7 heteroatoms. The highest BCUT2D eigenvalue weighted by Crippen LogP contribution is 2.22. The lowest BCUT2D eigenvalue weighted by Crippen LogP contribution is -2.17. The zero-order valence-corrected chi connectivity index (χ0v) is 12.5. The molecule has 0 spiro atoms. The number of aromatic nitrogens is 3. The van der Waals surface area contributed by atoms with Gasteiger partial charge in [-0.15, -0.1) is 0 Å². The van der Waals surface area contributed by atoms with Crippen LogP contribution in [-0.2, 0) is 0 Å². The average molecular weight is 316 g/mol. The van der Waals surface area contributed by atoms with Gasteiger partial charge in [0.05, 0.1) is 17.5 Å². The molecule has 2 heterocycles. The molecular weight excluding hydrogens is 304 g/mol. The number of hydrogen-bond donors (Lipinski definition) is 2. The normalized spacial score (nSPS) is 9.96. The van der Waals surface area contributed by atoms with E-state index in [1.54, 1.807) is 30.3 Å². The molecule has 3 aromatic rings. The van der Waals surface area contributed by atoms with Crippen LogP contribution in [0.1, 0.15) is 16.1 Å². The van der Waals surface area contributed by atoms with Crippen molar-refractivity contribution in [2.24, 2.45) is 0 Å². The molecular formula is C17H12N6O. The molecule has 1 amide bonds. The zero-order chi connectivity index (χ0) is 16.9. The third kappa shape index (κ3) is 3.03. The summed E-state index contributed by atoms with van der Waals surface area (Å²) < 4.78 is 0. The molecule has 0 bridgehead atoms. The molecule has 7 nitrogen and oxygen atoms in total. The molecule has 24 heavy (non-hydrogen) atoms. The number of nitrogens with two attached hydrogens (primary N) is 1. The Bertz CT molecular complexity index is 933. The van der Waals surface area contributed by atoms with Gasteiger partial charge in [-0.2, -0.15) is 5.26 Å². The van der Waals surface area contributed by atoms with Gasteiger partial charge in [0.15, 0.2) is 11.5 Å². The quantitative estimate of drug-likeness (QED) is 0.765. The van der Waals surface area contributed by atoms with E-state index in [0.29, 0.717) is 22.5 Å². The lowest BCUT2D eigenvalue weighted by Gasteiger charge is -2.08. The van der Waals surface area contributed by atoms with E-state index in [0.717, 1.165) is 0 Å². The first-order chi connectivity index (χ1) is 11.7. The number of nitrogens with zero attached hydrogens (tertiary/aromatic N) is 4. The Morgan fingerprint density at radius 2 is 1.96 bits per heavy atom. The van der Waals surface area contributed by atoms with Crippen LogP contribution in [-0.4, -0.2) is 20.9 Å². The molecule has 1 aromatic carbocycles. The fourth-order valence-electron chi connectivity index (χ4n) is 2.11. The standard InChI is InChI=1S/C17H12N6O/c18-8-11-9-20-7-6-13(11)14-10-21-16(19)15(23-14)17(24)22-12-4-2-1-3-5-12/h1-7,9-10H,(H2,19,21)(H,22,24). The van der Waals surface area contributed by atoms with E-state index in [-0.39, 0.29) is 11.5 Å². The Kier molecular flexibility index (Phi) is 4.12. The minimum atomic E-state index is -0.472. The van der Waals surface area contributed by atoms with E-state index in [4.69, 9.17) is 11.0 Å². The summed E-state index contributed by atoms with van der Waals surface area (Å²) >= 11 is 0. The van der Waals surface area contributed by atoms with Gasteiger partial charge in [0.1, 0.15) is 6.07 Å². The number of amides is 1. The summed E-state index contributed by atoms with van der Waals surface area (Å²) in [7, 11) is 0. The van der Waals surface area contributed by atoms with Crippen LogP contribution < -0.4 is 11.1 Å². The van der Waals surface area contributed by atoms with Gasteiger partial charge in [-0.3, -0.25) is 9.78 Å². The fourth-order valence-corrected chi connectivity index (χ4v) is 2.11. The number of para-hydroxylation sites is 1. The fraction of sp³-hybridized carbons (Fsp3) is 0. The van der Waals surface area contributed by atoms with Gasteiger partial charge in [0, 0.05) is 23.6 Å². The van der Waals surface area contributed by atoms with Crippen molar-refractivity contribution in [2.75, 3.05) is 11.1 Å². The van der Waals surface area contributed by atoms with Gasteiger partial charge in [0.25, 0.3) is 5.91 Å². The number of anilines is 2. The topological polar surface area (TPSA) is 118 Å². The van der Waals surface area contributed by atoms with Crippen molar-refractivity contribution in [1.29, 1.82) is 5.26 Å². The Balaban J connectivity index is 1.98. The second-order valence-electron chi connectivity index (χ2n) is 4.84. The summed E-state index contributed by atoms with van der Waals surface area (Å²) in [6.45, 7) is 0. The van der Waals surface area contributed by atoms with Crippen LogP contribution in [0.3, 0.4) is 0 Å². The van der Waals surface area contributed by atoms with E-state index in [1.807, 2.05) is 12.1 Å². The number of rotatable bonds is 3. The predicted molar refractivity (Wildman–Crippen MR) is 88.8 cm³/mol. The molecule has 0 aliphatic carbocycles. The van der Waals surface area contributed by atoms with Gasteiger partial charge in [-0.05, 0) is 18.2 Å². The van der Waals surface area contributed by atoms with Crippen molar-refractivity contribution in [2.45, 2.75) is 0 Å². The second kappa shape index (κ2) is 6.54. The number of benzene rings is 1. The van der Waals surface area contributed by atoms with E-state index in [2.05, 4.69) is 20.3 Å². The summed E-state index contributed by atoms with van der Waals surface area (Å²) in [5, 5.41) is 11.9. The molecule has 0 unspecified atom stereocenters. The molecule has 0 saturated carbocycles. The highest BCUT2D eigenvalue weighted by atomic mass is 16.1. The van der Waals surface area contributed by atoms with Crippen molar-refractivity contribution >= 4 is 17.4 Å². The summed E-state index contributed by atoms with van der Waals surface area (Å²) in [6, 6.07) is 12.6. The number of carbonyl (C=O) groups excluding carboxylic acids is 1. The second-order valence-corrected chi connectivity index (χ2v) is 4.84. The monoisotopic (exact) mass is 316 g/mol. The van der Waals surface area contributed by atoms with Crippen molar-refractivity contribution in [3.05, 3.63) is 66.2 Å². The van der Waals surface area contributed by atoms with Gasteiger partial charge >= 0.3 is 0 Å². The van der Waals surface area contributed by atoms with Crippen LogP contribution >= 0.6 is 0 Å². The third-order valence-corrected chi connectivity index (χ3v) is 3.27. The third-order valence-electron chi connectivity index (χ3n) is 3.27. The number of pyridine rings is 1.